The second-order valence-corrected chi connectivity index (χ2v) is 13.0. The highest BCUT2D eigenvalue weighted by molar-refractivity contribution is 7.47. The van der Waals surface area contributed by atoms with Gasteiger partial charge in [0.2, 0.25) is 5.91 Å². The van der Waals surface area contributed by atoms with E-state index in [1.54, 1.807) is 6.08 Å². The molecular weight excluding hydrogens is 567 g/mol. The molecule has 0 aliphatic carbocycles. The number of phosphoric acid groups is 1. The van der Waals surface area contributed by atoms with Gasteiger partial charge in [-0.15, -0.1) is 0 Å². The molecule has 0 fully saturated rings. The van der Waals surface area contributed by atoms with E-state index in [4.69, 9.17) is 14.8 Å². The fraction of sp³-hybridized carbons (Fsp3) is 0.848. The summed E-state index contributed by atoms with van der Waals surface area (Å²) in [5.41, 5.74) is 5.31. The molecule has 0 spiro atoms. The van der Waals surface area contributed by atoms with Gasteiger partial charge in [-0.25, -0.2) is 4.57 Å². The molecule has 1 amide bonds. The Morgan fingerprint density at radius 2 is 1.33 bits per heavy atom. The first kappa shape index (κ1) is 41.9. The van der Waals surface area contributed by atoms with Crippen LogP contribution in [-0.2, 0) is 18.4 Å². The number of rotatable bonds is 31. The number of aliphatic hydroxyl groups is 2. The number of amides is 1. The van der Waals surface area contributed by atoms with Gasteiger partial charge in [-0.05, 0) is 25.7 Å². The van der Waals surface area contributed by atoms with Gasteiger partial charge < -0.3 is 26.2 Å². The lowest BCUT2D eigenvalue weighted by Crippen LogP contribution is -2.46. The number of hydrogen-bond acceptors (Lipinski definition) is 7. The normalized spacial score (nSPS) is 15.6. The van der Waals surface area contributed by atoms with E-state index in [9.17, 15) is 24.5 Å². The molecule has 0 saturated heterocycles. The molecule has 0 aliphatic heterocycles. The molecule has 9 nitrogen and oxygen atoms in total. The number of hydrogen-bond donors (Lipinski definition) is 5. The molecule has 4 atom stereocenters. The lowest BCUT2D eigenvalue weighted by molar-refractivity contribution is -0.124. The van der Waals surface area contributed by atoms with Crippen molar-refractivity contribution < 1.29 is 33.5 Å². The van der Waals surface area contributed by atoms with Crippen molar-refractivity contribution in [1.29, 1.82) is 0 Å². The molecule has 0 bridgehead atoms. The monoisotopic (exact) mass is 632 g/mol. The number of nitrogens with two attached hydrogens (primary N) is 1. The molecule has 43 heavy (non-hydrogen) atoms. The first-order valence-corrected chi connectivity index (χ1v) is 18.5. The van der Waals surface area contributed by atoms with Crippen LogP contribution >= 0.6 is 7.82 Å². The van der Waals surface area contributed by atoms with Crippen molar-refractivity contribution in [3.8, 4) is 0 Å². The van der Waals surface area contributed by atoms with E-state index < -0.39 is 38.6 Å². The van der Waals surface area contributed by atoms with Crippen LogP contribution in [0.1, 0.15) is 142 Å². The highest BCUT2D eigenvalue weighted by Gasteiger charge is 2.27. The maximum atomic E-state index is 12.6. The molecule has 0 heterocycles. The summed E-state index contributed by atoms with van der Waals surface area (Å²) in [7, 11) is -4.39. The minimum Gasteiger partial charge on any atom is -0.393 e. The lowest BCUT2D eigenvalue weighted by atomic mass is 10.0. The van der Waals surface area contributed by atoms with Crippen LogP contribution < -0.4 is 11.1 Å². The van der Waals surface area contributed by atoms with Crippen molar-refractivity contribution in [2.24, 2.45) is 5.73 Å². The van der Waals surface area contributed by atoms with Gasteiger partial charge in [-0.3, -0.25) is 13.8 Å². The molecule has 0 aromatic heterocycles. The van der Waals surface area contributed by atoms with E-state index in [1.165, 1.54) is 76.7 Å². The number of carbonyl (C=O) groups excluding carboxylic acids is 1. The predicted octanol–water partition coefficient (Wildman–Crippen LogP) is 7.24. The third-order valence-corrected chi connectivity index (χ3v) is 8.30. The van der Waals surface area contributed by atoms with Crippen LogP contribution in [0.5, 0.6) is 0 Å². The van der Waals surface area contributed by atoms with Crippen molar-refractivity contribution >= 4 is 13.7 Å². The van der Waals surface area contributed by atoms with Gasteiger partial charge in [0.1, 0.15) is 0 Å². The Morgan fingerprint density at radius 3 is 1.88 bits per heavy atom. The minimum absolute atomic E-state index is 0.0450. The zero-order valence-corrected chi connectivity index (χ0v) is 28.2. The van der Waals surface area contributed by atoms with Crippen molar-refractivity contribution in [3.05, 3.63) is 24.3 Å². The first-order valence-electron chi connectivity index (χ1n) is 17.0. The van der Waals surface area contributed by atoms with Crippen molar-refractivity contribution in [3.63, 3.8) is 0 Å². The van der Waals surface area contributed by atoms with Crippen LogP contribution in [0.2, 0.25) is 0 Å². The Hall–Kier alpha value is -1.06. The molecular formula is C33H65N2O7P. The van der Waals surface area contributed by atoms with Crippen LogP contribution in [0.4, 0.5) is 0 Å². The second-order valence-electron chi connectivity index (χ2n) is 11.6. The Balaban J connectivity index is 4.38. The van der Waals surface area contributed by atoms with Crippen molar-refractivity contribution in [1.82, 2.24) is 5.32 Å². The van der Waals surface area contributed by atoms with E-state index in [1.807, 2.05) is 0 Å². The fourth-order valence-corrected chi connectivity index (χ4v) is 5.49. The standard InChI is InChI=1S/C33H65N2O7P/c1-3-5-7-9-11-12-13-14-15-16-17-19-20-22-24-30(36)28-33(38)35-31(29-42-43(39,40)41-27-26-34)32(37)25-23-21-18-10-8-6-4-2/h8,10,23,25,30-32,36-37H,3-7,9,11-22,24,26-29,34H2,1-2H3,(H,35,38)(H,39,40)/b10-8+,25-23+. The summed E-state index contributed by atoms with van der Waals surface area (Å²) in [5.74, 6) is -0.461. The molecule has 0 rings (SSSR count). The quantitative estimate of drug-likeness (QED) is 0.0305. The van der Waals surface area contributed by atoms with Crippen LogP contribution in [0.15, 0.2) is 24.3 Å². The maximum Gasteiger partial charge on any atom is 0.472 e. The Morgan fingerprint density at radius 1 is 0.791 bits per heavy atom. The van der Waals surface area contributed by atoms with Crippen LogP contribution in [-0.4, -0.2) is 59.0 Å². The Labute approximate surface area is 262 Å². The van der Waals surface area contributed by atoms with Crippen molar-refractivity contribution in [2.45, 2.75) is 161 Å². The molecule has 0 aliphatic rings. The average Bonchev–Trinajstić information content (AvgIpc) is 2.97. The molecule has 0 saturated carbocycles. The molecule has 10 heteroatoms. The largest absolute Gasteiger partial charge is 0.472 e. The summed E-state index contributed by atoms with van der Waals surface area (Å²) in [6.45, 7) is 3.80. The van der Waals surface area contributed by atoms with Crippen LogP contribution in [0, 0.1) is 0 Å². The third kappa shape index (κ3) is 28.2. The summed E-state index contributed by atoms with van der Waals surface area (Å²) in [5, 5.41) is 23.7. The molecule has 0 radical (unpaired) electrons. The van der Waals surface area contributed by atoms with Gasteiger partial charge in [0.05, 0.1) is 37.9 Å². The summed E-state index contributed by atoms with van der Waals surface area (Å²) in [6.07, 6.45) is 27.2. The average molecular weight is 633 g/mol. The Bertz CT molecular complexity index is 751. The number of phosphoric ester groups is 1. The third-order valence-electron chi connectivity index (χ3n) is 7.32. The van der Waals surface area contributed by atoms with E-state index in [0.29, 0.717) is 12.8 Å². The predicted molar refractivity (Wildman–Crippen MR) is 177 cm³/mol. The number of unbranched alkanes of at least 4 members (excludes halogenated alkanes) is 15. The van der Waals surface area contributed by atoms with Gasteiger partial charge in [-0.2, -0.15) is 0 Å². The van der Waals surface area contributed by atoms with Crippen LogP contribution in [0.3, 0.4) is 0 Å². The summed E-state index contributed by atoms with van der Waals surface area (Å²) in [6, 6.07) is -0.991. The number of carbonyl (C=O) groups is 1. The highest BCUT2D eigenvalue weighted by Crippen LogP contribution is 2.43. The van der Waals surface area contributed by atoms with E-state index in [-0.39, 0.29) is 19.6 Å². The van der Waals surface area contributed by atoms with Gasteiger partial charge in [-0.1, -0.05) is 134 Å². The zero-order chi connectivity index (χ0) is 32.0. The number of nitrogens with one attached hydrogen (secondary N) is 1. The summed E-state index contributed by atoms with van der Waals surface area (Å²) >= 11 is 0. The molecule has 0 aromatic carbocycles. The molecule has 4 unspecified atom stereocenters. The zero-order valence-electron chi connectivity index (χ0n) is 27.3. The van der Waals surface area contributed by atoms with Crippen LogP contribution in [0.25, 0.3) is 0 Å². The first-order chi connectivity index (χ1) is 20.8. The highest BCUT2D eigenvalue weighted by atomic mass is 31.2. The van der Waals surface area contributed by atoms with E-state index in [0.717, 1.165) is 38.5 Å². The second kappa shape index (κ2) is 29.6. The van der Waals surface area contributed by atoms with Gasteiger partial charge >= 0.3 is 7.82 Å². The fourth-order valence-electron chi connectivity index (χ4n) is 4.73. The Kier molecular flexibility index (Phi) is 28.9. The SMILES string of the molecule is CCC/C=C/CC/C=C/C(O)C(COP(=O)(O)OCCN)NC(=O)CC(O)CCCCCCCCCCCCCCCC. The summed E-state index contributed by atoms with van der Waals surface area (Å²) < 4.78 is 21.8. The van der Waals surface area contributed by atoms with E-state index >= 15 is 0 Å². The lowest BCUT2D eigenvalue weighted by Gasteiger charge is -2.24. The van der Waals surface area contributed by atoms with E-state index in [2.05, 4.69) is 31.3 Å². The number of allylic oxidation sites excluding steroid dienone is 3. The molecule has 6 N–H and O–H groups in total. The van der Waals surface area contributed by atoms with Gasteiger partial charge in [0, 0.05) is 6.54 Å². The smallest absolute Gasteiger partial charge is 0.393 e. The molecule has 0 aromatic rings. The number of aliphatic hydroxyl groups excluding tert-OH is 2. The van der Waals surface area contributed by atoms with Gasteiger partial charge in [0.25, 0.3) is 0 Å². The minimum atomic E-state index is -4.39. The van der Waals surface area contributed by atoms with Gasteiger partial charge in [0.15, 0.2) is 0 Å². The van der Waals surface area contributed by atoms with Crippen molar-refractivity contribution in [2.75, 3.05) is 19.8 Å². The summed E-state index contributed by atoms with van der Waals surface area (Å²) in [4.78, 5) is 22.5. The molecule has 254 valence electrons. The topological polar surface area (TPSA) is 151 Å². The maximum absolute atomic E-state index is 12.6.